The van der Waals surface area contributed by atoms with Crippen LogP contribution in [0.4, 0.5) is 10.5 Å². The number of likely N-dealkylation sites (N-methyl/N-ethyl adjacent to an activating group) is 1. The van der Waals surface area contributed by atoms with Gasteiger partial charge in [-0.15, -0.1) is 0 Å². The second-order valence-electron chi connectivity index (χ2n) is 4.42. The van der Waals surface area contributed by atoms with Crippen LogP contribution < -0.4 is 4.90 Å². The van der Waals surface area contributed by atoms with Crippen LogP contribution in [-0.2, 0) is 4.79 Å². The minimum atomic E-state index is -1.03. The Kier molecular flexibility index (Phi) is 5.37. The lowest BCUT2D eigenvalue weighted by molar-refractivity contribution is -0.141. The van der Waals surface area contributed by atoms with Crippen LogP contribution in [0.25, 0.3) is 0 Å². The highest BCUT2D eigenvalue weighted by molar-refractivity contribution is 5.94. The van der Waals surface area contributed by atoms with Gasteiger partial charge in [-0.25, -0.2) is 9.59 Å². The summed E-state index contributed by atoms with van der Waals surface area (Å²) >= 11 is 0. The lowest BCUT2D eigenvalue weighted by Gasteiger charge is -2.30. The van der Waals surface area contributed by atoms with Gasteiger partial charge in [0.2, 0.25) is 0 Å². The molecule has 0 saturated carbocycles. The van der Waals surface area contributed by atoms with Crippen LogP contribution in [0.2, 0.25) is 0 Å². The first-order valence-electron chi connectivity index (χ1n) is 6.48. The lowest BCUT2D eigenvalue weighted by Crippen LogP contribution is -2.49. The topological polar surface area (TPSA) is 81.1 Å². The number of anilines is 1. The standard InChI is InChI=1S/C14H20N2O4/c1-4-12(13(18)19)15(3)14(20)16(5-2)10-7-6-8-11(17)9-10/h6-9,12,17H,4-5H2,1-3H3,(H,18,19). The maximum atomic E-state index is 12.4. The number of nitrogens with zero attached hydrogens (tertiary/aromatic N) is 2. The summed E-state index contributed by atoms with van der Waals surface area (Å²) in [6, 6.07) is 5.03. The van der Waals surface area contributed by atoms with E-state index in [2.05, 4.69) is 0 Å². The van der Waals surface area contributed by atoms with Crippen molar-refractivity contribution in [1.29, 1.82) is 0 Å². The Morgan fingerprint density at radius 2 is 1.95 bits per heavy atom. The average Bonchev–Trinajstić information content (AvgIpc) is 2.39. The number of carbonyl (C=O) groups excluding carboxylic acids is 1. The molecule has 0 aromatic heterocycles. The van der Waals surface area contributed by atoms with E-state index < -0.39 is 18.0 Å². The van der Waals surface area contributed by atoms with Gasteiger partial charge in [-0.1, -0.05) is 13.0 Å². The van der Waals surface area contributed by atoms with Gasteiger partial charge in [0.15, 0.2) is 0 Å². The summed E-state index contributed by atoms with van der Waals surface area (Å²) in [5.41, 5.74) is 0.532. The van der Waals surface area contributed by atoms with Gasteiger partial charge in [0.1, 0.15) is 11.8 Å². The normalized spacial score (nSPS) is 11.8. The van der Waals surface area contributed by atoms with Gasteiger partial charge >= 0.3 is 12.0 Å². The van der Waals surface area contributed by atoms with E-state index in [-0.39, 0.29) is 5.75 Å². The van der Waals surface area contributed by atoms with Crippen LogP contribution >= 0.6 is 0 Å². The average molecular weight is 280 g/mol. The van der Waals surface area contributed by atoms with Crippen molar-refractivity contribution in [2.75, 3.05) is 18.5 Å². The minimum Gasteiger partial charge on any atom is -0.508 e. The van der Waals surface area contributed by atoms with Crippen molar-refractivity contribution in [3.63, 3.8) is 0 Å². The molecule has 6 heteroatoms. The first-order valence-corrected chi connectivity index (χ1v) is 6.48. The summed E-state index contributed by atoms with van der Waals surface area (Å²) in [6.07, 6.45) is 0.329. The third-order valence-electron chi connectivity index (χ3n) is 3.13. The quantitative estimate of drug-likeness (QED) is 0.865. The molecule has 2 N–H and O–H groups in total. The van der Waals surface area contributed by atoms with Gasteiger partial charge in [0.25, 0.3) is 0 Å². The van der Waals surface area contributed by atoms with Gasteiger partial charge in [0, 0.05) is 25.3 Å². The highest BCUT2D eigenvalue weighted by Gasteiger charge is 2.28. The number of carboxylic acid groups (broad SMARTS) is 1. The van der Waals surface area contributed by atoms with E-state index in [0.717, 1.165) is 0 Å². The number of amides is 2. The number of aliphatic carboxylic acids is 1. The monoisotopic (exact) mass is 280 g/mol. The molecular formula is C14H20N2O4. The Hall–Kier alpha value is -2.24. The van der Waals surface area contributed by atoms with Crippen molar-refractivity contribution in [2.45, 2.75) is 26.3 Å². The molecule has 0 heterocycles. The van der Waals surface area contributed by atoms with E-state index >= 15 is 0 Å². The van der Waals surface area contributed by atoms with Crippen LogP contribution in [0.3, 0.4) is 0 Å². The first-order chi connectivity index (χ1) is 9.42. The van der Waals surface area contributed by atoms with E-state index in [4.69, 9.17) is 5.11 Å². The molecule has 1 rings (SSSR count). The molecule has 1 unspecified atom stereocenters. The molecule has 0 aliphatic rings. The zero-order chi connectivity index (χ0) is 15.3. The fourth-order valence-electron chi connectivity index (χ4n) is 2.03. The molecule has 6 nitrogen and oxygen atoms in total. The Morgan fingerprint density at radius 3 is 2.40 bits per heavy atom. The van der Waals surface area contributed by atoms with Crippen molar-refractivity contribution in [3.05, 3.63) is 24.3 Å². The molecule has 0 bridgehead atoms. The maximum Gasteiger partial charge on any atom is 0.326 e. The van der Waals surface area contributed by atoms with Gasteiger partial charge < -0.3 is 15.1 Å². The molecular weight excluding hydrogens is 260 g/mol. The van der Waals surface area contributed by atoms with Crippen LogP contribution in [0.5, 0.6) is 5.75 Å². The van der Waals surface area contributed by atoms with Gasteiger partial charge in [-0.3, -0.25) is 4.90 Å². The maximum absolute atomic E-state index is 12.4. The highest BCUT2D eigenvalue weighted by Crippen LogP contribution is 2.21. The Bertz CT molecular complexity index is 490. The van der Waals surface area contributed by atoms with E-state index in [1.54, 1.807) is 26.0 Å². The lowest BCUT2D eigenvalue weighted by atomic mass is 10.2. The van der Waals surface area contributed by atoms with Crippen molar-refractivity contribution in [1.82, 2.24) is 4.90 Å². The van der Waals surface area contributed by atoms with Crippen LogP contribution in [0.1, 0.15) is 20.3 Å². The third kappa shape index (κ3) is 3.40. The predicted octanol–water partition coefficient (Wildman–Crippen LogP) is 2.13. The molecule has 20 heavy (non-hydrogen) atoms. The zero-order valence-corrected chi connectivity index (χ0v) is 11.9. The number of aromatic hydroxyl groups is 1. The summed E-state index contributed by atoms with van der Waals surface area (Å²) < 4.78 is 0. The van der Waals surface area contributed by atoms with Crippen molar-refractivity contribution in [3.8, 4) is 5.75 Å². The van der Waals surface area contributed by atoms with Crippen molar-refractivity contribution < 1.29 is 19.8 Å². The predicted molar refractivity (Wildman–Crippen MR) is 76.0 cm³/mol. The largest absolute Gasteiger partial charge is 0.508 e. The highest BCUT2D eigenvalue weighted by atomic mass is 16.4. The number of hydrogen-bond donors (Lipinski definition) is 2. The molecule has 0 spiro atoms. The third-order valence-corrected chi connectivity index (χ3v) is 3.13. The summed E-state index contributed by atoms with van der Waals surface area (Å²) in [5, 5.41) is 18.6. The summed E-state index contributed by atoms with van der Waals surface area (Å²) in [6.45, 7) is 3.88. The molecule has 1 aromatic carbocycles. The Balaban J connectivity index is 3.00. The van der Waals surface area contributed by atoms with Gasteiger partial charge in [-0.2, -0.15) is 0 Å². The van der Waals surface area contributed by atoms with Crippen molar-refractivity contribution >= 4 is 17.7 Å². The fraction of sp³-hybridized carbons (Fsp3) is 0.429. The molecule has 0 saturated heterocycles. The molecule has 1 atom stereocenters. The van der Waals surface area contributed by atoms with Gasteiger partial charge in [0.05, 0.1) is 0 Å². The number of carboxylic acids is 1. The number of phenolic OH excluding ortho intramolecular Hbond substituents is 1. The van der Waals surface area contributed by atoms with Crippen molar-refractivity contribution in [2.24, 2.45) is 0 Å². The Labute approximate surface area is 118 Å². The minimum absolute atomic E-state index is 0.0571. The molecule has 1 aromatic rings. The molecule has 0 radical (unpaired) electrons. The molecule has 0 fully saturated rings. The van der Waals surface area contributed by atoms with E-state index in [0.29, 0.717) is 18.7 Å². The van der Waals surface area contributed by atoms with Crippen LogP contribution in [0, 0.1) is 0 Å². The Morgan fingerprint density at radius 1 is 1.30 bits per heavy atom. The smallest absolute Gasteiger partial charge is 0.326 e. The number of carbonyl (C=O) groups is 2. The van der Waals surface area contributed by atoms with Gasteiger partial charge in [-0.05, 0) is 25.5 Å². The molecule has 2 amide bonds. The molecule has 0 aliphatic heterocycles. The number of hydrogen-bond acceptors (Lipinski definition) is 3. The van der Waals surface area contributed by atoms with E-state index in [1.165, 1.54) is 29.0 Å². The van der Waals surface area contributed by atoms with E-state index in [9.17, 15) is 14.7 Å². The SMILES string of the molecule is CCC(C(=O)O)N(C)C(=O)N(CC)c1cccc(O)c1. The number of urea groups is 1. The van der Waals surface area contributed by atoms with Crippen LogP contribution in [0.15, 0.2) is 24.3 Å². The number of phenols is 1. The zero-order valence-electron chi connectivity index (χ0n) is 11.9. The summed E-state index contributed by atoms with van der Waals surface area (Å²) in [5.74, 6) is -0.975. The molecule has 110 valence electrons. The second kappa shape index (κ2) is 6.79. The number of rotatable bonds is 5. The second-order valence-corrected chi connectivity index (χ2v) is 4.42. The van der Waals surface area contributed by atoms with Crippen LogP contribution in [-0.4, -0.2) is 46.7 Å². The fourth-order valence-corrected chi connectivity index (χ4v) is 2.03. The number of benzene rings is 1. The summed E-state index contributed by atoms with van der Waals surface area (Å²) in [7, 11) is 1.47. The van der Waals surface area contributed by atoms with E-state index in [1.807, 2.05) is 0 Å². The molecule has 0 aliphatic carbocycles. The summed E-state index contributed by atoms with van der Waals surface area (Å²) in [4.78, 5) is 26.1. The first kappa shape index (κ1) is 15.8.